The van der Waals surface area contributed by atoms with E-state index in [0.717, 1.165) is 5.56 Å². The Morgan fingerprint density at radius 3 is 2.67 bits per heavy atom. The highest BCUT2D eigenvalue weighted by molar-refractivity contribution is 5.95. The first-order chi connectivity index (χ1) is 14.5. The summed E-state index contributed by atoms with van der Waals surface area (Å²) in [4.78, 5) is 36.3. The molecule has 9 heteroatoms. The minimum absolute atomic E-state index is 0.193. The number of fused-ring (bicyclic) bond motifs is 1. The Labute approximate surface area is 174 Å². The summed E-state index contributed by atoms with van der Waals surface area (Å²) in [6, 6.07) is 4.34. The van der Waals surface area contributed by atoms with Crippen LogP contribution < -0.4 is 20.1 Å². The van der Waals surface area contributed by atoms with Crippen LogP contribution in [0.3, 0.4) is 0 Å². The van der Waals surface area contributed by atoms with E-state index in [2.05, 4.69) is 10.6 Å². The van der Waals surface area contributed by atoms with Gasteiger partial charge in [-0.25, -0.2) is 14.4 Å². The summed E-state index contributed by atoms with van der Waals surface area (Å²) in [5.74, 6) is 0.0895. The third-order valence-electron chi connectivity index (χ3n) is 4.48. The lowest BCUT2D eigenvalue weighted by Crippen LogP contribution is -2.51. The number of benzene rings is 1. The Morgan fingerprint density at radius 1 is 1.17 bits per heavy atom. The molecule has 30 heavy (non-hydrogen) atoms. The van der Waals surface area contributed by atoms with Crippen molar-refractivity contribution in [1.82, 2.24) is 10.6 Å². The van der Waals surface area contributed by atoms with Crippen LogP contribution >= 0.6 is 0 Å². The van der Waals surface area contributed by atoms with Crippen LogP contribution in [0, 0.1) is 0 Å². The number of amides is 2. The SMILES string of the molecule is CCOC(=O)C1=C(COC(=O)/C=C/c2ccc3c(c2)OCCO3)NC(=O)N[C@@H]1CC. The summed E-state index contributed by atoms with van der Waals surface area (Å²) in [6.07, 6.45) is 3.33. The first-order valence-electron chi connectivity index (χ1n) is 9.74. The molecule has 1 aromatic carbocycles. The molecule has 0 aliphatic carbocycles. The summed E-state index contributed by atoms with van der Waals surface area (Å²) in [6.45, 7) is 4.43. The average molecular weight is 416 g/mol. The molecule has 1 atom stereocenters. The number of rotatable bonds is 7. The molecule has 160 valence electrons. The second kappa shape index (κ2) is 9.82. The molecule has 0 spiro atoms. The molecule has 0 saturated heterocycles. The van der Waals surface area contributed by atoms with E-state index in [0.29, 0.717) is 31.1 Å². The molecule has 0 aromatic heterocycles. The molecule has 2 aliphatic rings. The van der Waals surface area contributed by atoms with Gasteiger partial charge in [0.1, 0.15) is 19.8 Å². The van der Waals surface area contributed by atoms with Crippen LogP contribution in [0.5, 0.6) is 11.5 Å². The fourth-order valence-corrected chi connectivity index (χ4v) is 3.09. The molecule has 0 radical (unpaired) electrons. The maximum absolute atomic E-state index is 12.3. The average Bonchev–Trinajstić information content (AvgIpc) is 2.75. The fourth-order valence-electron chi connectivity index (χ4n) is 3.09. The molecular formula is C21H24N2O7. The molecule has 0 saturated carbocycles. The normalized spacial score (nSPS) is 17.9. The third kappa shape index (κ3) is 5.11. The Bertz CT molecular complexity index is 891. The third-order valence-corrected chi connectivity index (χ3v) is 4.48. The quantitative estimate of drug-likeness (QED) is 0.516. The van der Waals surface area contributed by atoms with Crippen molar-refractivity contribution in [2.75, 3.05) is 26.4 Å². The molecule has 0 fully saturated rings. The summed E-state index contributed by atoms with van der Waals surface area (Å²) < 4.78 is 21.3. The lowest BCUT2D eigenvalue weighted by Gasteiger charge is -2.28. The van der Waals surface area contributed by atoms with Gasteiger partial charge in [-0.2, -0.15) is 0 Å². The second-order valence-corrected chi connectivity index (χ2v) is 6.52. The summed E-state index contributed by atoms with van der Waals surface area (Å²) in [5.41, 5.74) is 1.21. The van der Waals surface area contributed by atoms with Crippen LogP contribution in [0.25, 0.3) is 6.08 Å². The van der Waals surface area contributed by atoms with Gasteiger partial charge in [0.05, 0.1) is 23.9 Å². The van der Waals surface area contributed by atoms with Crippen molar-refractivity contribution in [2.45, 2.75) is 26.3 Å². The number of carbonyl (C=O) groups is 3. The minimum Gasteiger partial charge on any atom is -0.486 e. The highest BCUT2D eigenvalue weighted by Gasteiger charge is 2.31. The van der Waals surface area contributed by atoms with E-state index >= 15 is 0 Å². The van der Waals surface area contributed by atoms with Gasteiger partial charge in [-0.3, -0.25) is 0 Å². The lowest BCUT2D eigenvalue weighted by molar-refractivity contribution is -0.140. The second-order valence-electron chi connectivity index (χ2n) is 6.52. The summed E-state index contributed by atoms with van der Waals surface area (Å²) >= 11 is 0. The van der Waals surface area contributed by atoms with Crippen LogP contribution in [0.2, 0.25) is 0 Å². The first kappa shape index (κ1) is 21.2. The molecular weight excluding hydrogens is 392 g/mol. The van der Waals surface area contributed by atoms with Gasteiger partial charge >= 0.3 is 18.0 Å². The molecule has 2 N–H and O–H groups in total. The summed E-state index contributed by atoms with van der Waals surface area (Å²) in [7, 11) is 0. The van der Waals surface area contributed by atoms with E-state index in [1.165, 1.54) is 6.08 Å². The molecule has 2 aliphatic heterocycles. The van der Waals surface area contributed by atoms with Gasteiger partial charge in [0.2, 0.25) is 0 Å². The Balaban J connectivity index is 1.67. The van der Waals surface area contributed by atoms with Crippen LogP contribution in [-0.4, -0.2) is 50.4 Å². The zero-order valence-corrected chi connectivity index (χ0v) is 16.9. The lowest BCUT2D eigenvalue weighted by atomic mass is 10.0. The van der Waals surface area contributed by atoms with Crippen molar-refractivity contribution in [3.8, 4) is 11.5 Å². The van der Waals surface area contributed by atoms with Gasteiger partial charge in [-0.1, -0.05) is 13.0 Å². The van der Waals surface area contributed by atoms with Crippen LogP contribution in [0.4, 0.5) is 4.79 Å². The smallest absolute Gasteiger partial charge is 0.338 e. The van der Waals surface area contributed by atoms with Crippen molar-refractivity contribution in [3.63, 3.8) is 0 Å². The van der Waals surface area contributed by atoms with E-state index < -0.39 is 24.0 Å². The molecule has 3 rings (SSSR count). The zero-order chi connectivity index (χ0) is 21.5. The van der Waals surface area contributed by atoms with E-state index in [1.807, 2.05) is 6.92 Å². The predicted octanol–water partition coefficient (Wildman–Crippen LogP) is 1.92. The first-order valence-corrected chi connectivity index (χ1v) is 9.74. The predicted molar refractivity (Wildman–Crippen MR) is 107 cm³/mol. The monoisotopic (exact) mass is 416 g/mol. The van der Waals surface area contributed by atoms with Crippen molar-refractivity contribution >= 4 is 24.0 Å². The van der Waals surface area contributed by atoms with Gasteiger partial charge in [-0.15, -0.1) is 0 Å². The number of hydrogen-bond acceptors (Lipinski definition) is 7. The number of ether oxygens (including phenoxy) is 4. The molecule has 1 aromatic rings. The molecule has 0 bridgehead atoms. The van der Waals surface area contributed by atoms with Crippen LogP contribution in [-0.2, 0) is 19.1 Å². The van der Waals surface area contributed by atoms with Crippen LogP contribution in [0.1, 0.15) is 25.8 Å². The van der Waals surface area contributed by atoms with E-state index in [1.54, 1.807) is 31.2 Å². The Kier molecular flexibility index (Phi) is 6.95. The van der Waals surface area contributed by atoms with Gasteiger partial charge in [0.15, 0.2) is 11.5 Å². The topological polar surface area (TPSA) is 112 Å². The molecule has 9 nitrogen and oxygen atoms in total. The Morgan fingerprint density at radius 2 is 1.93 bits per heavy atom. The highest BCUT2D eigenvalue weighted by Crippen LogP contribution is 2.31. The molecule has 2 heterocycles. The summed E-state index contributed by atoms with van der Waals surface area (Å²) in [5, 5.41) is 5.19. The Hall–Kier alpha value is -3.49. The van der Waals surface area contributed by atoms with Crippen molar-refractivity contribution < 1.29 is 33.3 Å². The van der Waals surface area contributed by atoms with E-state index in [4.69, 9.17) is 18.9 Å². The number of nitrogens with one attached hydrogen (secondary N) is 2. The number of urea groups is 1. The van der Waals surface area contributed by atoms with E-state index in [9.17, 15) is 14.4 Å². The number of carbonyl (C=O) groups excluding carboxylic acids is 3. The number of hydrogen-bond donors (Lipinski definition) is 2. The standard InChI is InChI=1S/C21H24N2O7/c1-3-14-19(20(25)27-4-2)15(23-21(26)22-14)12-30-18(24)8-6-13-5-7-16-17(11-13)29-10-9-28-16/h5-8,11,14H,3-4,9-10,12H2,1-2H3,(H2,22,23,26)/b8-6+/t14-/m1/s1. The van der Waals surface area contributed by atoms with Crippen molar-refractivity contribution in [3.05, 3.63) is 41.1 Å². The van der Waals surface area contributed by atoms with Crippen LogP contribution in [0.15, 0.2) is 35.5 Å². The zero-order valence-electron chi connectivity index (χ0n) is 16.9. The van der Waals surface area contributed by atoms with Crippen molar-refractivity contribution in [1.29, 1.82) is 0 Å². The molecule has 0 unspecified atom stereocenters. The minimum atomic E-state index is -0.624. The fraction of sp³-hybridized carbons (Fsp3) is 0.381. The largest absolute Gasteiger partial charge is 0.486 e. The maximum atomic E-state index is 12.3. The van der Waals surface area contributed by atoms with Gasteiger partial charge in [-0.05, 0) is 37.1 Å². The van der Waals surface area contributed by atoms with Gasteiger partial charge in [0, 0.05) is 6.08 Å². The van der Waals surface area contributed by atoms with Crippen molar-refractivity contribution in [2.24, 2.45) is 0 Å². The maximum Gasteiger partial charge on any atom is 0.338 e. The van der Waals surface area contributed by atoms with Gasteiger partial charge < -0.3 is 29.6 Å². The van der Waals surface area contributed by atoms with E-state index in [-0.39, 0.29) is 24.5 Å². The highest BCUT2D eigenvalue weighted by atomic mass is 16.6. The van der Waals surface area contributed by atoms with Gasteiger partial charge in [0.25, 0.3) is 0 Å². The number of esters is 2. The molecule has 2 amide bonds.